The fraction of sp³-hybridized carbons (Fsp3) is 0.333. The molecule has 0 unspecified atom stereocenters. The van der Waals surface area contributed by atoms with E-state index in [4.69, 9.17) is 5.73 Å². The summed E-state index contributed by atoms with van der Waals surface area (Å²) in [5.41, 5.74) is 8.43. The van der Waals surface area contributed by atoms with E-state index in [0.717, 1.165) is 16.5 Å². The minimum Gasteiger partial charge on any atom is -0.396 e. The van der Waals surface area contributed by atoms with Gasteiger partial charge in [0, 0.05) is 17.0 Å². The first-order valence-corrected chi connectivity index (χ1v) is 6.27. The molecule has 0 amide bonds. The van der Waals surface area contributed by atoms with Gasteiger partial charge in [-0.05, 0) is 6.07 Å². The van der Waals surface area contributed by atoms with Crippen LogP contribution >= 0.6 is 11.3 Å². The van der Waals surface area contributed by atoms with E-state index in [1.54, 1.807) is 23.7 Å². The van der Waals surface area contributed by atoms with Crippen LogP contribution in [0.15, 0.2) is 23.8 Å². The lowest BCUT2D eigenvalue weighted by atomic mass is 9.93. The van der Waals surface area contributed by atoms with Crippen molar-refractivity contribution in [3.63, 3.8) is 0 Å². The molecule has 0 aliphatic heterocycles. The summed E-state index contributed by atoms with van der Waals surface area (Å²) >= 11 is 1.58. The third-order valence-corrected chi connectivity index (χ3v) is 3.12. The van der Waals surface area contributed by atoms with Gasteiger partial charge in [-0.25, -0.2) is 4.98 Å². The van der Waals surface area contributed by atoms with Crippen LogP contribution in [-0.4, -0.2) is 9.97 Å². The Labute approximate surface area is 105 Å². The van der Waals surface area contributed by atoms with E-state index in [1.165, 1.54) is 0 Å². The highest BCUT2D eigenvalue weighted by Gasteiger charge is 2.17. The normalized spacial score (nSPS) is 11.5. The van der Waals surface area contributed by atoms with Crippen LogP contribution in [0.3, 0.4) is 0 Å². The summed E-state index contributed by atoms with van der Waals surface area (Å²) in [6.45, 7) is 6.44. The Kier molecular flexibility index (Phi) is 3.02. The monoisotopic (exact) mass is 248 g/mol. The van der Waals surface area contributed by atoms with Crippen molar-refractivity contribution in [3.8, 4) is 0 Å². The molecule has 0 aliphatic rings. The summed E-state index contributed by atoms with van der Waals surface area (Å²) in [7, 11) is 0. The number of rotatable bonds is 2. The Morgan fingerprint density at radius 1 is 1.35 bits per heavy atom. The Bertz CT molecular complexity index is 513. The van der Waals surface area contributed by atoms with Gasteiger partial charge in [-0.3, -0.25) is 4.98 Å². The number of anilines is 3. The summed E-state index contributed by atoms with van der Waals surface area (Å²) in [6, 6.07) is 1.84. The van der Waals surface area contributed by atoms with Gasteiger partial charge in [0.2, 0.25) is 0 Å². The van der Waals surface area contributed by atoms with Crippen LogP contribution in [0.4, 0.5) is 16.5 Å². The molecular weight excluding hydrogens is 232 g/mol. The second-order valence-electron chi connectivity index (χ2n) is 4.88. The zero-order valence-corrected chi connectivity index (χ0v) is 11.0. The number of hydrogen-bond donors (Lipinski definition) is 2. The molecule has 2 aromatic rings. The third kappa shape index (κ3) is 2.74. The molecule has 2 rings (SSSR count). The first-order chi connectivity index (χ1) is 7.97. The van der Waals surface area contributed by atoms with E-state index in [9.17, 15) is 0 Å². The molecule has 0 spiro atoms. The number of nitrogens with two attached hydrogens (primary N) is 1. The molecular formula is C12H16N4S. The van der Waals surface area contributed by atoms with Gasteiger partial charge < -0.3 is 11.1 Å². The van der Waals surface area contributed by atoms with Crippen molar-refractivity contribution in [2.45, 2.75) is 26.2 Å². The number of nitrogens with one attached hydrogen (secondary N) is 1. The van der Waals surface area contributed by atoms with Crippen molar-refractivity contribution >= 4 is 27.8 Å². The van der Waals surface area contributed by atoms with Crippen LogP contribution in [0.1, 0.15) is 26.5 Å². The number of hydrogen-bond acceptors (Lipinski definition) is 5. The average Bonchev–Trinajstić information content (AvgIpc) is 2.69. The number of aromatic nitrogens is 2. The second kappa shape index (κ2) is 4.33. The Morgan fingerprint density at radius 2 is 2.12 bits per heavy atom. The highest BCUT2D eigenvalue weighted by molar-refractivity contribution is 7.13. The van der Waals surface area contributed by atoms with E-state index in [0.29, 0.717) is 5.69 Å². The van der Waals surface area contributed by atoms with Crippen molar-refractivity contribution in [2.24, 2.45) is 0 Å². The van der Waals surface area contributed by atoms with Gasteiger partial charge in [0.25, 0.3) is 0 Å². The fourth-order valence-corrected chi connectivity index (χ4v) is 2.26. The maximum absolute atomic E-state index is 5.81. The summed E-state index contributed by atoms with van der Waals surface area (Å²) in [5, 5.41) is 6.13. The van der Waals surface area contributed by atoms with Crippen LogP contribution in [0.25, 0.3) is 0 Å². The topological polar surface area (TPSA) is 63.8 Å². The lowest BCUT2D eigenvalue weighted by Crippen LogP contribution is -2.11. The van der Waals surface area contributed by atoms with Crippen LogP contribution < -0.4 is 11.1 Å². The third-order valence-electron chi connectivity index (χ3n) is 2.37. The Balaban J connectivity index is 2.21. The van der Waals surface area contributed by atoms with Gasteiger partial charge in [-0.15, -0.1) is 11.3 Å². The van der Waals surface area contributed by atoms with E-state index >= 15 is 0 Å². The molecule has 0 saturated carbocycles. The zero-order chi connectivity index (χ0) is 12.5. The van der Waals surface area contributed by atoms with Crippen LogP contribution in [-0.2, 0) is 5.41 Å². The van der Waals surface area contributed by atoms with Crippen molar-refractivity contribution < 1.29 is 0 Å². The first-order valence-electron chi connectivity index (χ1n) is 5.39. The minimum absolute atomic E-state index is 0.0697. The Hall–Kier alpha value is -1.62. The summed E-state index contributed by atoms with van der Waals surface area (Å²) < 4.78 is 0. The molecule has 0 aliphatic carbocycles. The molecule has 3 N–H and O–H groups in total. The fourth-order valence-electron chi connectivity index (χ4n) is 1.31. The van der Waals surface area contributed by atoms with Gasteiger partial charge in [0.05, 0.1) is 23.3 Å². The molecule has 90 valence electrons. The standard InChI is InChI=1S/C12H16N4S/c1-12(2,3)10-7-17-11(16-10)15-9-4-5-14-6-8(9)13/h4-7H,13H2,1-3H3,(H,14,15,16). The molecule has 0 saturated heterocycles. The predicted octanol–water partition coefficient (Wildman–Crippen LogP) is 3.16. The van der Waals surface area contributed by atoms with Crippen LogP contribution in [0.2, 0.25) is 0 Å². The van der Waals surface area contributed by atoms with E-state index in [2.05, 4.69) is 41.4 Å². The Morgan fingerprint density at radius 3 is 2.71 bits per heavy atom. The molecule has 0 atom stereocenters. The number of pyridine rings is 1. The summed E-state index contributed by atoms with van der Waals surface area (Å²) in [5.74, 6) is 0. The first kappa shape index (κ1) is 11.9. The lowest BCUT2D eigenvalue weighted by Gasteiger charge is -2.14. The van der Waals surface area contributed by atoms with Crippen LogP contribution in [0.5, 0.6) is 0 Å². The van der Waals surface area contributed by atoms with Gasteiger partial charge >= 0.3 is 0 Å². The predicted molar refractivity (Wildman–Crippen MR) is 72.7 cm³/mol. The molecule has 0 bridgehead atoms. The number of nitrogen functional groups attached to an aromatic ring is 1. The highest BCUT2D eigenvalue weighted by atomic mass is 32.1. The zero-order valence-electron chi connectivity index (χ0n) is 10.2. The molecule has 5 heteroatoms. The summed E-state index contributed by atoms with van der Waals surface area (Å²) in [4.78, 5) is 8.50. The highest BCUT2D eigenvalue weighted by Crippen LogP contribution is 2.29. The van der Waals surface area contributed by atoms with Crippen LogP contribution in [0, 0.1) is 0 Å². The largest absolute Gasteiger partial charge is 0.396 e. The van der Waals surface area contributed by atoms with E-state index < -0.39 is 0 Å². The maximum atomic E-state index is 5.81. The van der Waals surface area contributed by atoms with Crippen molar-refractivity contribution in [1.82, 2.24) is 9.97 Å². The van der Waals surface area contributed by atoms with E-state index in [-0.39, 0.29) is 5.41 Å². The molecule has 2 heterocycles. The quantitative estimate of drug-likeness (QED) is 0.857. The average molecular weight is 248 g/mol. The number of thiazole rings is 1. The maximum Gasteiger partial charge on any atom is 0.187 e. The molecule has 4 nitrogen and oxygen atoms in total. The molecule has 17 heavy (non-hydrogen) atoms. The molecule has 2 aromatic heterocycles. The van der Waals surface area contributed by atoms with Crippen molar-refractivity contribution in [2.75, 3.05) is 11.1 Å². The van der Waals surface area contributed by atoms with Gasteiger partial charge in [0.1, 0.15) is 0 Å². The summed E-state index contributed by atoms with van der Waals surface area (Å²) in [6.07, 6.45) is 3.33. The van der Waals surface area contributed by atoms with Gasteiger partial charge in [-0.1, -0.05) is 20.8 Å². The smallest absolute Gasteiger partial charge is 0.187 e. The van der Waals surface area contributed by atoms with Crippen molar-refractivity contribution in [3.05, 3.63) is 29.5 Å². The molecule has 0 aromatic carbocycles. The second-order valence-corrected chi connectivity index (χ2v) is 5.73. The van der Waals surface area contributed by atoms with Crippen molar-refractivity contribution in [1.29, 1.82) is 0 Å². The molecule has 0 radical (unpaired) electrons. The number of nitrogens with zero attached hydrogens (tertiary/aromatic N) is 2. The van der Waals surface area contributed by atoms with Gasteiger partial charge in [0.15, 0.2) is 5.13 Å². The van der Waals surface area contributed by atoms with Gasteiger partial charge in [-0.2, -0.15) is 0 Å². The minimum atomic E-state index is 0.0697. The van der Waals surface area contributed by atoms with E-state index in [1.807, 2.05) is 6.07 Å². The molecule has 0 fully saturated rings. The SMILES string of the molecule is CC(C)(C)c1csc(Nc2ccncc2N)n1. The lowest BCUT2D eigenvalue weighted by molar-refractivity contribution is 0.573.